The first-order valence-electron chi connectivity index (χ1n) is 8.67. The molecule has 22 heavy (non-hydrogen) atoms. The molecule has 0 aliphatic rings. The smallest absolute Gasteiger partial charge is 0.305 e. The van der Waals surface area contributed by atoms with Gasteiger partial charge in [0.2, 0.25) is 0 Å². The molecule has 0 heterocycles. The number of carbonyl (C=O) groups is 1. The normalized spacial score (nSPS) is 10.6. The van der Waals surface area contributed by atoms with E-state index < -0.39 is 5.97 Å². The summed E-state index contributed by atoms with van der Waals surface area (Å²) < 4.78 is 0. The molecular formula is C19H31NO2. The van der Waals surface area contributed by atoms with Crippen LogP contribution in [0.2, 0.25) is 0 Å². The quantitative estimate of drug-likeness (QED) is 0.551. The Morgan fingerprint density at radius 3 is 2.14 bits per heavy atom. The molecule has 124 valence electrons. The van der Waals surface area contributed by atoms with Crippen molar-refractivity contribution in [3.8, 4) is 0 Å². The lowest BCUT2D eigenvalue weighted by Gasteiger charge is -2.24. The summed E-state index contributed by atoms with van der Waals surface area (Å²) in [6.45, 7) is 5.85. The van der Waals surface area contributed by atoms with Crippen LogP contribution in [0, 0.1) is 6.92 Å². The van der Waals surface area contributed by atoms with E-state index in [-0.39, 0.29) is 6.42 Å². The summed E-state index contributed by atoms with van der Waals surface area (Å²) in [5, 5.41) is 8.92. The number of aryl methyl sites for hydroxylation is 1. The molecule has 3 heteroatoms. The van der Waals surface area contributed by atoms with Crippen molar-refractivity contribution in [1.82, 2.24) is 0 Å². The van der Waals surface area contributed by atoms with Gasteiger partial charge in [0.25, 0.3) is 0 Å². The largest absolute Gasteiger partial charge is 0.481 e. The third-order valence-corrected chi connectivity index (χ3v) is 4.03. The maximum atomic E-state index is 10.8. The first-order chi connectivity index (χ1) is 10.6. The summed E-state index contributed by atoms with van der Waals surface area (Å²) in [5.74, 6) is -0.725. The lowest BCUT2D eigenvalue weighted by molar-refractivity contribution is -0.136. The van der Waals surface area contributed by atoms with Gasteiger partial charge in [-0.15, -0.1) is 0 Å². The van der Waals surface area contributed by atoms with E-state index in [9.17, 15) is 4.79 Å². The van der Waals surface area contributed by atoms with E-state index in [4.69, 9.17) is 5.11 Å². The summed E-state index contributed by atoms with van der Waals surface area (Å²) >= 11 is 0. The van der Waals surface area contributed by atoms with Crippen molar-refractivity contribution in [2.45, 2.75) is 65.2 Å². The SMILES string of the molecule is CCCCCCCCCN(CCC(=O)O)c1ccc(C)cc1. The molecule has 1 aromatic rings. The number of carboxylic acid groups (broad SMARTS) is 1. The summed E-state index contributed by atoms with van der Waals surface area (Å²) in [5.41, 5.74) is 2.37. The molecule has 1 rings (SSSR count). The van der Waals surface area contributed by atoms with Crippen LogP contribution in [0.3, 0.4) is 0 Å². The van der Waals surface area contributed by atoms with Gasteiger partial charge in [-0.1, -0.05) is 63.1 Å². The zero-order valence-electron chi connectivity index (χ0n) is 14.2. The molecule has 0 bridgehead atoms. The molecule has 0 atom stereocenters. The highest BCUT2D eigenvalue weighted by Crippen LogP contribution is 2.17. The molecule has 0 fully saturated rings. The van der Waals surface area contributed by atoms with Gasteiger partial charge in [0.05, 0.1) is 6.42 Å². The highest BCUT2D eigenvalue weighted by Gasteiger charge is 2.08. The highest BCUT2D eigenvalue weighted by atomic mass is 16.4. The Kier molecular flexibility index (Phi) is 9.36. The molecule has 0 radical (unpaired) electrons. The number of carboxylic acids is 1. The maximum absolute atomic E-state index is 10.8. The minimum absolute atomic E-state index is 0.199. The van der Waals surface area contributed by atoms with Crippen LogP contribution < -0.4 is 4.90 Å². The van der Waals surface area contributed by atoms with Crippen molar-refractivity contribution in [3.63, 3.8) is 0 Å². The number of rotatable bonds is 12. The van der Waals surface area contributed by atoms with E-state index >= 15 is 0 Å². The van der Waals surface area contributed by atoms with E-state index in [1.165, 1.54) is 44.1 Å². The van der Waals surface area contributed by atoms with Crippen molar-refractivity contribution in [2.75, 3.05) is 18.0 Å². The number of hydrogen-bond donors (Lipinski definition) is 1. The zero-order chi connectivity index (χ0) is 16.2. The molecule has 0 unspecified atom stereocenters. The van der Waals surface area contributed by atoms with E-state index in [2.05, 4.69) is 43.0 Å². The summed E-state index contributed by atoms with van der Waals surface area (Å²) in [7, 11) is 0. The van der Waals surface area contributed by atoms with Crippen LogP contribution in [0.25, 0.3) is 0 Å². The highest BCUT2D eigenvalue weighted by molar-refractivity contribution is 5.67. The second-order valence-electron chi connectivity index (χ2n) is 6.09. The maximum Gasteiger partial charge on any atom is 0.305 e. The van der Waals surface area contributed by atoms with Crippen LogP contribution in [-0.2, 0) is 4.79 Å². The Bertz CT molecular complexity index is 414. The van der Waals surface area contributed by atoms with Gasteiger partial charge in [0.1, 0.15) is 0 Å². The molecule has 0 amide bonds. The molecule has 0 aliphatic carbocycles. The molecule has 0 saturated carbocycles. The fraction of sp³-hybridized carbons (Fsp3) is 0.632. The van der Waals surface area contributed by atoms with Gasteiger partial charge in [-0.2, -0.15) is 0 Å². The third kappa shape index (κ3) is 8.06. The van der Waals surface area contributed by atoms with E-state index in [1.54, 1.807) is 0 Å². The average Bonchev–Trinajstić information content (AvgIpc) is 2.50. The van der Waals surface area contributed by atoms with E-state index in [1.807, 2.05) is 0 Å². The Morgan fingerprint density at radius 1 is 0.955 bits per heavy atom. The van der Waals surface area contributed by atoms with Gasteiger partial charge in [-0.05, 0) is 25.5 Å². The lowest BCUT2D eigenvalue weighted by Crippen LogP contribution is -2.27. The minimum atomic E-state index is -0.725. The van der Waals surface area contributed by atoms with Gasteiger partial charge in [0, 0.05) is 18.8 Å². The second kappa shape index (κ2) is 11.1. The molecule has 3 nitrogen and oxygen atoms in total. The van der Waals surface area contributed by atoms with E-state index in [0.717, 1.165) is 18.7 Å². The fourth-order valence-electron chi connectivity index (χ4n) is 2.62. The average molecular weight is 305 g/mol. The molecule has 0 saturated heterocycles. The molecular weight excluding hydrogens is 274 g/mol. The summed E-state index contributed by atoms with van der Waals surface area (Å²) in [6, 6.07) is 8.37. The van der Waals surface area contributed by atoms with Crippen molar-refractivity contribution in [3.05, 3.63) is 29.8 Å². The zero-order valence-corrected chi connectivity index (χ0v) is 14.2. The van der Waals surface area contributed by atoms with Crippen LogP contribution in [-0.4, -0.2) is 24.2 Å². The summed E-state index contributed by atoms with van der Waals surface area (Å²) in [6.07, 6.45) is 9.17. The van der Waals surface area contributed by atoms with Crippen molar-refractivity contribution in [2.24, 2.45) is 0 Å². The Labute approximate surface area is 135 Å². The fourth-order valence-corrected chi connectivity index (χ4v) is 2.62. The first-order valence-corrected chi connectivity index (χ1v) is 8.67. The minimum Gasteiger partial charge on any atom is -0.481 e. The first kappa shape index (κ1) is 18.5. The number of nitrogens with zero attached hydrogens (tertiary/aromatic N) is 1. The van der Waals surface area contributed by atoms with Gasteiger partial charge in [-0.25, -0.2) is 0 Å². The van der Waals surface area contributed by atoms with E-state index in [0.29, 0.717) is 6.54 Å². The van der Waals surface area contributed by atoms with Gasteiger partial charge in [-0.3, -0.25) is 4.79 Å². The Balaban J connectivity index is 2.38. The summed E-state index contributed by atoms with van der Waals surface area (Å²) in [4.78, 5) is 13.0. The van der Waals surface area contributed by atoms with Gasteiger partial charge < -0.3 is 10.0 Å². The standard InChI is InChI=1S/C19H31NO2/c1-3-4-5-6-7-8-9-15-20(16-14-19(21)22)18-12-10-17(2)11-13-18/h10-13H,3-9,14-16H2,1-2H3,(H,21,22). The third-order valence-electron chi connectivity index (χ3n) is 4.03. The van der Waals surface area contributed by atoms with Crippen LogP contribution in [0.5, 0.6) is 0 Å². The number of aliphatic carboxylic acids is 1. The Morgan fingerprint density at radius 2 is 1.55 bits per heavy atom. The van der Waals surface area contributed by atoms with Crippen LogP contribution in [0.1, 0.15) is 63.9 Å². The van der Waals surface area contributed by atoms with Crippen molar-refractivity contribution < 1.29 is 9.90 Å². The number of unbranched alkanes of at least 4 members (excludes halogenated alkanes) is 6. The van der Waals surface area contributed by atoms with Crippen LogP contribution in [0.4, 0.5) is 5.69 Å². The second-order valence-corrected chi connectivity index (χ2v) is 6.09. The molecule has 0 aliphatic heterocycles. The number of benzene rings is 1. The monoisotopic (exact) mass is 305 g/mol. The lowest BCUT2D eigenvalue weighted by atomic mass is 10.1. The molecule has 0 aromatic heterocycles. The topological polar surface area (TPSA) is 40.5 Å². The number of anilines is 1. The van der Waals surface area contributed by atoms with Crippen molar-refractivity contribution in [1.29, 1.82) is 0 Å². The molecule has 1 aromatic carbocycles. The Hall–Kier alpha value is -1.51. The van der Waals surface area contributed by atoms with Crippen LogP contribution in [0.15, 0.2) is 24.3 Å². The predicted molar refractivity (Wildman–Crippen MR) is 93.6 cm³/mol. The van der Waals surface area contributed by atoms with Gasteiger partial charge >= 0.3 is 5.97 Å². The predicted octanol–water partition coefficient (Wildman–Crippen LogP) is 5.03. The molecule has 0 spiro atoms. The molecule has 1 N–H and O–H groups in total. The van der Waals surface area contributed by atoms with Gasteiger partial charge in [0.15, 0.2) is 0 Å². The van der Waals surface area contributed by atoms with Crippen molar-refractivity contribution >= 4 is 11.7 Å². The van der Waals surface area contributed by atoms with Crippen LogP contribution >= 0.6 is 0 Å². The number of hydrogen-bond acceptors (Lipinski definition) is 2.